The zero-order valence-corrected chi connectivity index (χ0v) is 30.7. The van der Waals surface area contributed by atoms with E-state index in [1.54, 1.807) is 0 Å². The van der Waals surface area contributed by atoms with E-state index in [0.29, 0.717) is 17.5 Å². The van der Waals surface area contributed by atoms with Crippen LogP contribution >= 0.6 is 0 Å². The van der Waals surface area contributed by atoms with E-state index in [1.165, 1.54) is 39.0 Å². The summed E-state index contributed by atoms with van der Waals surface area (Å²) in [5, 5.41) is 0. The molecule has 3 heteroatoms. The molecule has 1 heterocycles. The highest BCUT2D eigenvalue weighted by molar-refractivity contribution is 6.05. The average Bonchev–Trinajstić information content (AvgIpc) is 3.27. The van der Waals surface area contributed by atoms with Crippen molar-refractivity contribution in [2.24, 2.45) is 0 Å². The van der Waals surface area contributed by atoms with Crippen LogP contribution in [0.4, 0.5) is 0 Å². The van der Waals surface area contributed by atoms with E-state index in [2.05, 4.69) is 153 Å². The van der Waals surface area contributed by atoms with Gasteiger partial charge < -0.3 is 0 Å². The first-order valence-corrected chi connectivity index (χ1v) is 18.8. The number of rotatable bonds is 8. The Morgan fingerprint density at radius 2 is 0.745 bits per heavy atom. The van der Waals surface area contributed by atoms with E-state index in [-0.39, 0.29) is 5.41 Å². The topological polar surface area (TPSA) is 38.7 Å². The van der Waals surface area contributed by atoms with Crippen LogP contribution in [0.2, 0.25) is 0 Å². The molecule has 1 aromatic heterocycles. The lowest BCUT2D eigenvalue weighted by atomic mass is 9.63. The van der Waals surface area contributed by atoms with Gasteiger partial charge in [-0.25, -0.2) is 15.0 Å². The van der Waals surface area contributed by atoms with Crippen LogP contribution in [0, 0.1) is 0 Å². The fourth-order valence-corrected chi connectivity index (χ4v) is 7.90. The molecule has 1 aliphatic rings. The lowest BCUT2D eigenvalue weighted by Gasteiger charge is -2.39. The smallest absolute Gasteiger partial charge is 0.164 e. The summed E-state index contributed by atoms with van der Waals surface area (Å²) in [6, 6.07) is 70.5. The highest BCUT2D eigenvalue weighted by Gasteiger charge is 2.38. The van der Waals surface area contributed by atoms with E-state index < -0.39 is 0 Å². The van der Waals surface area contributed by atoms with E-state index in [0.717, 1.165) is 34.2 Å². The van der Waals surface area contributed by atoms with Crippen molar-refractivity contribution in [1.82, 2.24) is 15.0 Å². The van der Waals surface area contributed by atoms with E-state index in [9.17, 15) is 0 Å². The van der Waals surface area contributed by atoms with E-state index >= 15 is 0 Å². The number of nitrogens with zero attached hydrogens (tertiary/aromatic N) is 3. The third-order valence-corrected chi connectivity index (χ3v) is 10.6. The Morgan fingerprint density at radius 1 is 0.364 bits per heavy atom. The van der Waals surface area contributed by atoms with Gasteiger partial charge in [-0.1, -0.05) is 201 Å². The maximum Gasteiger partial charge on any atom is 0.164 e. The van der Waals surface area contributed by atoms with Crippen LogP contribution in [0.1, 0.15) is 35.6 Å². The highest BCUT2D eigenvalue weighted by atomic mass is 15.0. The predicted octanol–water partition coefficient (Wildman–Crippen LogP) is 12.9. The largest absolute Gasteiger partial charge is 0.208 e. The standard InChI is InChI=1S/C52H39N3/c1-52(46-31-15-6-16-32-46)36-45(35-47(37-19-7-2-8-20-37)48(52)38-21-9-3-10-22-38)43-29-17-27-41(33-43)42-28-18-30-44(34-42)51-54-49(39-23-11-4-12-24-39)53-50(55-51)40-25-13-5-14-26-40/h2-35H,36H2,1H3. The first kappa shape index (κ1) is 33.8. The summed E-state index contributed by atoms with van der Waals surface area (Å²) in [6.45, 7) is 2.41. The number of benzene rings is 7. The number of hydrogen-bond acceptors (Lipinski definition) is 3. The van der Waals surface area contributed by atoms with Crippen LogP contribution in [-0.2, 0) is 5.41 Å². The molecule has 0 saturated heterocycles. The minimum absolute atomic E-state index is 0.278. The van der Waals surface area contributed by atoms with Gasteiger partial charge in [-0.3, -0.25) is 0 Å². The zero-order chi connectivity index (χ0) is 37.0. The summed E-state index contributed by atoms with van der Waals surface area (Å²) in [5.74, 6) is 1.95. The second kappa shape index (κ2) is 14.8. The Morgan fingerprint density at radius 3 is 1.27 bits per heavy atom. The third kappa shape index (κ3) is 6.85. The maximum atomic E-state index is 5.00. The molecule has 1 atom stereocenters. The van der Waals surface area contributed by atoms with Crippen molar-refractivity contribution in [2.45, 2.75) is 18.8 Å². The van der Waals surface area contributed by atoms with Crippen LogP contribution in [0.5, 0.6) is 0 Å². The van der Waals surface area contributed by atoms with Gasteiger partial charge in [-0.2, -0.15) is 0 Å². The van der Waals surface area contributed by atoms with Gasteiger partial charge in [0.05, 0.1) is 0 Å². The molecule has 1 unspecified atom stereocenters. The van der Waals surface area contributed by atoms with Crippen molar-refractivity contribution in [1.29, 1.82) is 0 Å². The molecule has 0 aliphatic heterocycles. The van der Waals surface area contributed by atoms with Crippen molar-refractivity contribution in [3.63, 3.8) is 0 Å². The first-order chi connectivity index (χ1) is 27.1. The highest BCUT2D eigenvalue weighted by Crippen LogP contribution is 2.52. The Bertz CT molecular complexity index is 2590. The minimum atomic E-state index is -0.278. The summed E-state index contributed by atoms with van der Waals surface area (Å²) in [6.07, 6.45) is 3.29. The first-order valence-electron chi connectivity index (χ1n) is 18.8. The normalized spacial score (nSPS) is 15.4. The van der Waals surface area contributed by atoms with Crippen LogP contribution in [0.15, 0.2) is 206 Å². The summed E-state index contributed by atoms with van der Waals surface area (Å²) in [5.41, 5.74) is 13.7. The lowest BCUT2D eigenvalue weighted by Crippen LogP contribution is -2.28. The molecule has 8 aromatic rings. The van der Waals surface area contributed by atoms with Gasteiger partial charge in [0.15, 0.2) is 17.5 Å². The van der Waals surface area contributed by atoms with Gasteiger partial charge in [-0.05, 0) is 68.7 Å². The van der Waals surface area contributed by atoms with Crippen molar-refractivity contribution in [3.05, 3.63) is 229 Å². The lowest BCUT2D eigenvalue weighted by molar-refractivity contribution is 0.632. The number of aromatic nitrogens is 3. The molecule has 0 fully saturated rings. The van der Waals surface area contributed by atoms with Crippen LogP contribution in [0.25, 0.3) is 62.0 Å². The molecule has 1 aliphatic carbocycles. The Balaban J connectivity index is 1.16. The van der Waals surface area contributed by atoms with E-state index in [1.807, 2.05) is 60.7 Å². The fraction of sp³-hybridized carbons (Fsp3) is 0.0577. The molecule has 55 heavy (non-hydrogen) atoms. The average molecular weight is 706 g/mol. The second-order valence-corrected chi connectivity index (χ2v) is 14.3. The third-order valence-electron chi connectivity index (χ3n) is 10.6. The number of hydrogen-bond donors (Lipinski definition) is 0. The summed E-state index contributed by atoms with van der Waals surface area (Å²) < 4.78 is 0. The van der Waals surface area contributed by atoms with Gasteiger partial charge in [0.1, 0.15) is 0 Å². The van der Waals surface area contributed by atoms with Gasteiger partial charge in [-0.15, -0.1) is 0 Å². The van der Waals surface area contributed by atoms with Crippen LogP contribution in [-0.4, -0.2) is 15.0 Å². The summed E-state index contributed by atoms with van der Waals surface area (Å²) in [4.78, 5) is 14.9. The van der Waals surface area contributed by atoms with Gasteiger partial charge in [0, 0.05) is 22.1 Å². The molecule has 9 rings (SSSR count). The van der Waals surface area contributed by atoms with Crippen LogP contribution in [0.3, 0.4) is 0 Å². The maximum absolute atomic E-state index is 5.00. The molecule has 0 saturated carbocycles. The zero-order valence-electron chi connectivity index (χ0n) is 30.7. The van der Waals surface area contributed by atoms with Crippen molar-refractivity contribution < 1.29 is 0 Å². The van der Waals surface area contributed by atoms with Gasteiger partial charge in [0.2, 0.25) is 0 Å². The fourth-order valence-electron chi connectivity index (χ4n) is 7.90. The van der Waals surface area contributed by atoms with Gasteiger partial charge in [0.25, 0.3) is 0 Å². The molecular weight excluding hydrogens is 667 g/mol. The Kier molecular flexibility index (Phi) is 9.11. The van der Waals surface area contributed by atoms with Gasteiger partial charge >= 0.3 is 0 Å². The summed E-state index contributed by atoms with van der Waals surface area (Å²) >= 11 is 0. The Labute approximate surface area is 323 Å². The molecule has 0 bridgehead atoms. The Hall–Kier alpha value is -6.97. The molecular formula is C52H39N3. The molecule has 0 amide bonds. The van der Waals surface area contributed by atoms with Crippen LogP contribution < -0.4 is 0 Å². The molecule has 0 radical (unpaired) electrons. The quantitative estimate of drug-likeness (QED) is 0.158. The minimum Gasteiger partial charge on any atom is -0.208 e. The van der Waals surface area contributed by atoms with Crippen molar-refractivity contribution in [2.75, 3.05) is 0 Å². The summed E-state index contributed by atoms with van der Waals surface area (Å²) in [7, 11) is 0. The van der Waals surface area contributed by atoms with Crippen molar-refractivity contribution in [3.8, 4) is 45.3 Å². The molecule has 0 N–H and O–H groups in total. The molecule has 0 spiro atoms. The molecule has 3 nitrogen and oxygen atoms in total. The number of allylic oxidation sites excluding steroid dienone is 4. The second-order valence-electron chi connectivity index (χ2n) is 14.3. The molecule has 262 valence electrons. The van der Waals surface area contributed by atoms with Crippen molar-refractivity contribution >= 4 is 16.7 Å². The monoisotopic (exact) mass is 705 g/mol. The predicted molar refractivity (Wildman–Crippen MR) is 228 cm³/mol. The SMILES string of the molecule is CC1(c2ccccc2)CC(c2cccc(-c3cccc(-c4nc(-c5ccccc5)nc(-c5ccccc5)n4)c3)c2)=CC(c2ccccc2)=C1c1ccccc1. The molecule has 7 aromatic carbocycles. The van der Waals surface area contributed by atoms with E-state index in [4.69, 9.17) is 15.0 Å².